The number of esters is 1. The first kappa shape index (κ1) is 15.2. The van der Waals surface area contributed by atoms with E-state index >= 15 is 0 Å². The lowest BCUT2D eigenvalue weighted by Crippen LogP contribution is -2.46. The summed E-state index contributed by atoms with van der Waals surface area (Å²) in [7, 11) is 2.79. The zero-order chi connectivity index (χ0) is 15.4. The molecule has 0 radical (unpaired) electrons. The van der Waals surface area contributed by atoms with Crippen molar-refractivity contribution in [1.29, 1.82) is 0 Å². The second-order valence-corrected chi connectivity index (χ2v) is 4.56. The predicted octanol–water partition coefficient (Wildman–Crippen LogP) is 1.71. The Bertz CT molecular complexity index is 600. The van der Waals surface area contributed by atoms with Gasteiger partial charge in [-0.25, -0.2) is 9.59 Å². The first-order valence-electron chi connectivity index (χ1n) is 6.20. The third kappa shape index (κ3) is 2.95. The van der Waals surface area contributed by atoms with Crippen LogP contribution in [0.15, 0.2) is 35.5 Å². The number of ether oxygens (including phenoxy) is 2. The zero-order valence-electron chi connectivity index (χ0n) is 11.6. The van der Waals surface area contributed by atoms with Crippen molar-refractivity contribution in [3.05, 3.63) is 41.1 Å². The zero-order valence-corrected chi connectivity index (χ0v) is 12.4. The van der Waals surface area contributed by atoms with Gasteiger partial charge < -0.3 is 20.1 Å². The molecule has 6 nitrogen and oxygen atoms in total. The van der Waals surface area contributed by atoms with Crippen LogP contribution in [-0.2, 0) is 9.53 Å². The Kier molecular flexibility index (Phi) is 4.70. The molecule has 1 atom stereocenters. The lowest BCUT2D eigenvalue weighted by atomic mass is 9.95. The third-order valence-corrected chi connectivity index (χ3v) is 3.41. The average Bonchev–Trinajstić information content (AvgIpc) is 2.53. The predicted molar refractivity (Wildman–Crippen MR) is 77.2 cm³/mol. The highest BCUT2D eigenvalue weighted by molar-refractivity contribution is 6.20. The van der Waals surface area contributed by atoms with E-state index in [0.29, 0.717) is 17.0 Å². The second-order valence-electron chi connectivity index (χ2n) is 4.29. The fraction of sp³-hybridized carbons (Fsp3) is 0.286. The Labute approximate surface area is 127 Å². The second kappa shape index (κ2) is 6.49. The van der Waals surface area contributed by atoms with Crippen molar-refractivity contribution in [3.63, 3.8) is 0 Å². The van der Waals surface area contributed by atoms with E-state index in [1.165, 1.54) is 14.2 Å². The minimum atomic E-state index is -0.684. The van der Waals surface area contributed by atoms with Gasteiger partial charge in [-0.2, -0.15) is 0 Å². The Morgan fingerprint density at radius 1 is 1.33 bits per heavy atom. The van der Waals surface area contributed by atoms with Gasteiger partial charge in [0, 0.05) is 11.3 Å². The van der Waals surface area contributed by atoms with Crippen molar-refractivity contribution in [2.45, 2.75) is 6.04 Å². The summed E-state index contributed by atoms with van der Waals surface area (Å²) < 4.78 is 10.1. The molecule has 2 amide bonds. The number of carbonyl (C=O) groups excluding carboxylic acids is 2. The number of rotatable bonds is 4. The van der Waals surface area contributed by atoms with Crippen LogP contribution in [0.3, 0.4) is 0 Å². The Hall–Kier alpha value is -2.21. The van der Waals surface area contributed by atoms with Crippen LogP contribution in [0.4, 0.5) is 4.79 Å². The molecule has 112 valence electrons. The van der Waals surface area contributed by atoms with Crippen LogP contribution in [0.1, 0.15) is 11.6 Å². The van der Waals surface area contributed by atoms with Gasteiger partial charge in [0.15, 0.2) is 0 Å². The van der Waals surface area contributed by atoms with Gasteiger partial charge in [0.05, 0.1) is 31.7 Å². The quantitative estimate of drug-likeness (QED) is 0.656. The highest BCUT2D eigenvalue weighted by Gasteiger charge is 2.34. The van der Waals surface area contributed by atoms with Crippen molar-refractivity contribution >= 4 is 23.6 Å². The van der Waals surface area contributed by atoms with Gasteiger partial charge in [0.2, 0.25) is 0 Å². The standard InChI is InChI=1S/C14H15ClN2O4/c1-20-10-6-4-3-5-8(10)12-11(13(18)21-2)9(7-15)16-14(19)17-12/h3-6,12H,7H2,1-2H3,(H2,16,17,19). The van der Waals surface area contributed by atoms with E-state index in [2.05, 4.69) is 10.6 Å². The molecule has 1 heterocycles. The van der Waals surface area contributed by atoms with E-state index in [9.17, 15) is 9.59 Å². The number of halogens is 1. The number of allylic oxidation sites excluding steroid dienone is 1. The minimum absolute atomic E-state index is 0.0104. The molecular weight excluding hydrogens is 296 g/mol. The molecule has 1 aliphatic heterocycles. The van der Waals surface area contributed by atoms with Crippen molar-refractivity contribution in [3.8, 4) is 5.75 Å². The number of amides is 2. The third-order valence-electron chi connectivity index (χ3n) is 3.14. The summed E-state index contributed by atoms with van der Waals surface area (Å²) in [4.78, 5) is 23.8. The van der Waals surface area contributed by atoms with Crippen molar-refractivity contribution in [2.75, 3.05) is 20.1 Å². The number of para-hydroxylation sites is 1. The van der Waals surface area contributed by atoms with Crippen molar-refractivity contribution in [2.24, 2.45) is 0 Å². The summed E-state index contributed by atoms with van der Waals surface area (Å²) in [6, 6.07) is 5.99. The Balaban J connectivity index is 2.57. The van der Waals surface area contributed by atoms with Crippen LogP contribution in [0.2, 0.25) is 0 Å². The van der Waals surface area contributed by atoms with Crippen molar-refractivity contribution in [1.82, 2.24) is 10.6 Å². The van der Waals surface area contributed by atoms with Gasteiger partial charge >= 0.3 is 12.0 Å². The molecular formula is C14H15ClN2O4. The van der Waals surface area contributed by atoms with Gasteiger partial charge in [-0.3, -0.25) is 0 Å². The van der Waals surface area contributed by atoms with Crippen molar-refractivity contribution < 1.29 is 19.1 Å². The summed E-state index contributed by atoms with van der Waals surface area (Å²) in [5, 5.41) is 5.21. The maximum Gasteiger partial charge on any atom is 0.338 e. The SMILES string of the molecule is COC(=O)C1=C(CCl)NC(=O)NC1c1ccccc1OC. The number of methoxy groups -OCH3 is 2. The molecule has 1 aromatic carbocycles. The molecule has 0 saturated heterocycles. The highest BCUT2D eigenvalue weighted by atomic mass is 35.5. The van der Waals surface area contributed by atoms with Crippen LogP contribution in [-0.4, -0.2) is 32.1 Å². The number of urea groups is 1. The Morgan fingerprint density at radius 2 is 2.05 bits per heavy atom. The molecule has 1 unspecified atom stereocenters. The first-order valence-corrected chi connectivity index (χ1v) is 6.73. The van der Waals surface area contributed by atoms with Crippen LogP contribution in [0, 0.1) is 0 Å². The van der Waals surface area contributed by atoms with Gasteiger partial charge in [-0.05, 0) is 6.07 Å². The number of carbonyl (C=O) groups is 2. The molecule has 0 aliphatic carbocycles. The molecule has 0 saturated carbocycles. The van der Waals surface area contributed by atoms with Gasteiger partial charge in [0.1, 0.15) is 5.75 Å². The summed E-state index contributed by atoms with van der Waals surface area (Å²) in [5.74, 6) is -0.0159. The van der Waals surface area contributed by atoms with Gasteiger partial charge in [0.25, 0.3) is 0 Å². The molecule has 0 spiro atoms. The number of hydrogen-bond donors (Lipinski definition) is 2. The molecule has 0 bridgehead atoms. The highest BCUT2D eigenvalue weighted by Crippen LogP contribution is 2.33. The molecule has 7 heteroatoms. The molecule has 21 heavy (non-hydrogen) atoms. The summed E-state index contributed by atoms with van der Waals surface area (Å²) >= 11 is 5.83. The molecule has 2 rings (SSSR count). The number of alkyl halides is 1. The maximum absolute atomic E-state index is 12.1. The van der Waals surface area contributed by atoms with Crippen LogP contribution in [0.5, 0.6) is 5.75 Å². The summed E-state index contributed by atoms with van der Waals surface area (Å²) in [5.41, 5.74) is 1.23. The first-order chi connectivity index (χ1) is 10.1. The van der Waals surface area contributed by atoms with Crippen LogP contribution in [0.25, 0.3) is 0 Å². The van der Waals surface area contributed by atoms with Gasteiger partial charge in [-0.1, -0.05) is 18.2 Å². The molecule has 1 aromatic rings. The lowest BCUT2D eigenvalue weighted by Gasteiger charge is -2.29. The number of nitrogens with one attached hydrogen (secondary N) is 2. The lowest BCUT2D eigenvalue weighted by molar-refractivity contribution is -0.136. The average molecular weight is 311 g/mol. The largest absolute Gasteiger partial charge is 0.496 e. The topological polar surface area (TPSA) is 76.7 Å². The molecule has 2 N–H and O–H groups in total. The number of benzene rings is 1. The monoisotopic (exact) mass is 310 g/mol. The van der Waals surface area contributed by atoms with E-state index in [0.717, 1.165) is 0 Å². The van der Waals surface area contributed by atoms with E-state index < -0.39 is 18.0 Å². The maximum atomic E-state index is 12.1. The summed E-state index contributed by atoms with van der Waals surface area (Å²) in [6.07, 6.45) is 0. The molecule has 1 aliphatic rings. The van der Waals surface area contributed by atoms with Crippen LogP contribution >= 0.6 is 11.6 Å². The smallest absolute Gasteiger partial charge is 0.338 e. The number of hydrogen-bond acceptors (Lipinski definition) is 4. The normalized spacial score (nSPS) is 17.9. The van der Waals surface area contributed by atoms with E-state index in [4.69, 9.17) is 21.1 Å². The van der Waals surface area contributed by atoms with E-state index in [1.807, 2.05) is 0 Å². The summed E-state index contributed by atoms with van der Waals surface area (Å²) in [6.45, 7) is 0. The van der Waals surface area contributed by atoms with E-state index in [1.54, 1.807) is 24.3 Å². The molecule has 0 fully saturated rings. The fourth-order valence-corrected chi connectivity index (χ4v) is 2.42. The van der Waals surface area contributed by atoms with Crippen LogP contribution < -0.4 is 15.4 Å². The van der Waals surface area contributed by atoms with Gasteiger partial charge in [-0.15, -0.1) is 11.6 Å². The minimum Gasteiger partial charge on any atom is -0.496 e. The molecule has 0 aromatic heterocycles. The van der Waals surface area contributed by atoms with E-state index in [-0.39, 0.29) is 11.5 Å². The Morgan fingerprint density at radius 3 is 2.67 bits per heavy atom. The fourth-order valence-electron chi connectivity index (χ4n) is 2.21.